The molecule has 0 aliphatic carbocycles. The first-order valence-electron chi connectivity index (χ1n) is 9.77. The summed E-state index contributed by atoms with van der Waals surface area (Å²) in [5, 5.41) is 42.2. The Morgan fingerprint density at radius 1 is 1.12 bits per heavy atom. The molecule has 0 unspecified atom stereocenters. The fourth-order valence-electron chi connectivity index (χ4n) is 4.49. The fraction of sp³-hybridized carbons (Fsp3) is 1.00. The van der Waals surface area contributed by atoms with Crippen LogP contribution in [0.5, 0.6) is 0 Å². The monoisotopic (exact) mass is 359 g/mol. The molecular weight excluding hydrogens is 326 g/mol. The van der Waals surface area contributed by atoms with Crippen molar-refractivity contribution in [2.24, 2.45) is 0 Å². The van der Waals surface area contributed by atoms with Crippen molar-refractivity contribution < 1.29 is 29.9 Å². The number of aliphatic hydroxyl groups excluding tert-OH is 4. The molecule has 3 aliphatic rings. The minimum absolute atomic E-state index is 0.236. The van der Waals surface area contributed by atoms with E-state index in [0.29, 0.717) is 6.42 Å². The minimum Gasteiger partial charge on any atom is -0.395 e. The van der Waals surface area contributed by atoms with Crippen LogP contribution >= 0.6 is 0 Å². The van der Waals surface area contributed by atoms with Crippen molar-refractivity contribution in [3.05, 3.63) is 0 Å². The van der Waals surface area contributed by atoms with Crippen LogP contribution in [0, 0.1) is 0 Å². The van der Waals surface area contributed by atoms with Crippen LogP contribution in [0.25, 0.3) is 0 Å². The molecule has 7 atom stereocenters. The second-order valence-electron chi connectivity index (χ2n) is 7.81. The van der Waals surface area contributed by atoms with Crippen molar-refractivity contribution in [1.82, 2.24) is 5.32 Å². The van der Waals surface area contributed by atoms with E-state index in [2.05, 4.69) is 5.32 Å². The van der Waals surface area contributed by atoms with E-state index in [-0.39, 0.29) is 18.5 Å². The Morgan fingerprint density at radius 2 is 1.92 bits per heavy atom. The number of aliphatic hydroxyl groups is 4. The lowest BCUT2D eigenvalue weighted by Crippen LogP contribution is -2.44. The molecule has 0 saturated carbocycles. The van der Waals surface area contributed by atoms with Gasteiger partial charge >= 0.3 is 0 Å². The van der Waals surface area contributed by atoms with Crippen LogP contribution in [0.4, 0.5) is 0 Å². The smallest absolute Gasteiger partial charge is 0.168 e. The van der Waals surface area contributed by atoms with Gasteiger partial charge in [-0.1, -0.05) is 12.8 Å². The third-order valence-corrected chi connectivity index (χ3v) is 5.96. The molecule has 3 fully saturated rings. The maximum Gasteiger partial charge on any atom is 0.168 e. The fourth-order valence-corrected chi connectivity index (χ4v) is 4.49. The predicted molar refractivity (Wildman–Crippen MR) is 90.9 cm³/mol. The molecule has 3 aliphatic heterocycles. The Bertz CT molecular complexity index is 416. The zero-order valence-electron chi connectivity index (χ0n) is 14.8. The zero-order chi connectivity index (χ0) is 17.9. The van der Waals surface area contributed by atoms with Gasteiger partial charge in [0.05, 0.1) is 49.7 Å². The van der Waals surface area contributed by atoms with Gasteiger partial charge in [-0.25, -0.2) is 0 Å². The van der Waals surface area contributed by atoms with E-state index in [1.54, 1.807) is 0 Å². The molecule has 3 heterocycles. The number of nitrogens with one attached hydrogen (secondary N) is 1. The lowest BCUT2D eigenvalue weighted by atomic mass is 9.95. The highest BCUT2D eigenvalue weighted by Gasteiger charge is 2.44. The molecule has 0 aromatic rings. The normalized spacial score (nSPS) is 43.0. The highest BCUT2D eigenvalue weighted by Crippen LogP contribution is 2.38. The van der Waals surface area contributed by atoms with Crippen LogP contribution in [0.15, 0.2) is 0 Å². The summed E-state index contributed by atoms with van der Waals surface area (Å²) in [6, 6.07) is -1.17. The number of hydrogen-bond acceptors (Lipinski definition) is 7. The highest BCUT2D eigenvalue weighted by molar-refractivity contribution is 5.00. The number of ether oxygens (including phenoxy) is 2. The van der Waals surface area contributed by atoms with Gasteiger partial charge in [0.15, 0.2) is 5.79 Å². The Kier molecular flexibility index (Phi) is 6.71. The van der Waals surface area contributed by atoms with Gasteiger partial charge in [-0.2, -0.15) is 0 Å². The average Bonchev–Trinajstić information content (AvgIpc) is 3.17. The third-order valence-electron chi connectivity index (χ3n) is 5.96. The molecule has 0 amide bonds. The molecule has 3 rings (SSSR count). The number of unbranched alkanes of at least 4 members (excludes halogenated alkanes) is 1. The number of hydrogen-bond donors (Lipinski definition) is 5. The molecule has 3 saturated heterocycles. The summed E-state index contributed by atoms with van der Waals surface area (Å²) in [6.07, 6.45) is 6.00. The highest BCUT2D eigenvalue weighted by atomic mass is 16.7. The van der Waals surface area contributed by atoms with Crippen molar-refractivity contribution in [2.45, 2.75) is 100 Å². The summed E-state index contributed by atoms with van der Waals surface area (Å²) < 4.78 is 12.0. The van der Waals surface area contributed by atoms with Crippen LogP contribution in [0.1, 0.15) is 57.8 Å². The molecule has 146 valence electrons. The molecule has 25 heavy (non-hydrogen) atoms. The zero-order valence-corrected chi connectivity index (χ0v) is 14.8. The molecule has 0 radical (unpaired) electrons. The Balaban J connectivity index is 1.35. The van der Waals surface area contributed by atoms with E-state index >= 15 is 0 Å². The number of rotatable bonds is 7. The van der Waals surface area contributed by atoms with E-state index in [0.717, 1.165) is 58.0 Å². The van der Waals surface area contributed by atoms with Gasteiger partial charge in [0.1, 0.15) is 0 Å². The van der Waals surface area contributed by atoms with Gasteiger partial charge in [-0.3, -0.25) is 0 Å². The van der Waals surface area contributed by atoms with Gasteiger partial charge in [0, 0.05) is 12.8 Å². The Morgan fingerprint density at radius 3 is 2.60 bits per heavy atom. The maximum absolute atomic E-state index is 10.3. The van der Waals surface area contributed by atoms with Crippen molar-refractivity contribution in [3.8, 4) is 0 Å². The van der Waals surface area contributed by atoms with Crippen molar-refractivity contribution in [1.29, 1.82) is 0 Å². The summed E-state index contributed by atoms with van der Waals surface area (Å²) in [4.78, 5) is 0. The van der Waals surface area contributed by atoms with Crippen LogP contribution in [-0.4, -0.2) is 75.9 Å². The average molecular weight is 359 g/mol. The van der Waals surface area contributed by atoms with Crippen LogP contribution in [0.2, 0.25) is 0 Å². The molecule has 0 bridgehead atoms. The van der Waals surface area contributed by atoms with E-state index in [1.807, 2.05) is 0 Å². The third kappa shape index (κ3) is 4.53. The van der Waals surface area contributed by atoms with Gasteiger partial charge in [-0.15, -0.1) is 0 Å². The second-order valence-corrected chi connectivity index (χ2v) is 7.81. The molecule has 5 N–H and O–H groups in total. The van der Waals surface area contributed by atoms with Crippen LogP contribution < -0.4 is 5.32 Å². The maximum atomic E-state index is 10.3. The van der Waals surface area contributed by atoms with Crippen molar-refractivity contribution in [3.63, 3.8) is 0 Å². The first-order chi connectivity index (χ1) is 12.0. The van der Waals surface area contributed by atoms with E-state index in [1.165, 1.54) is 0 Å². The standard InChI is InChI=1S/C18H33NO6/c20-11-13-16(22)17(23)15(19-13)14(21)7-2-1-5-12-6-3-8-18(25-12)9-4-10-24-18/h12-17,19-23H,1-11H2/t12-,13+,14+,15+,16+,17+,18-/m0/s1. The van der Waals surface area contributed by atoms with Gasteiger partial charge in [-0.05, 0) is 32.1 Å². The molecule has 0 aromatic heterocycles. The van der Waals surface area contributed by atoms with Gasteiger partial charge in [0.2, 0.25) is 0 Å². The van der Waals surface area contributed by atoms with E-state index in [4.69, 9.17) is 14.6 Å². The molecule has 1 spiro atoms. The summed E-state index contributed by atoms with van der Waals surface area (Å²) in [7, 11) is 0. The van der Waals surface area contributed by atoms with Crippen LogP contribution in [0.3, 0.4) is 0 Å². The molecule has 0 aromatic carbocycles. The SMILES string of the molecule is OC[C@H]1N[C@H]([C@H](O)CCCC[C@H]2CCC[C@@]3(CCCO3)O2)[C@@H](O)[C@@H]1O. The first kappa shape index (κ1) is 19.5. The minimum atomic E-state index is -1.05. The van der Waals surface area contributed by atoms with Gasteiger partial charge < -0.3 is 35.2 Å². The van der Waals surface area contributed by atoms with Crippen molar-refractivity contribution in [2.75, 3.05) is 13.2 Å². The van der Waals surface area contributed by atoms with Crippen LogP contribution in [-0.2, 0) is 9.47 Å². The summed E-state index contributed by atoms with van der Waals surface area (Å²) in [6.45, 7) is 0.542. The first-order valence-corrected chi connectivity index (χ1v) is 9.77. The summed E-state index contributed by atoms with van der Waals surface area (Å²) in [5.41, 5.74) is 0. The van der Waals surface area contributed by atoms with Crippen molar-refractivity contribution >= 4 is 0 Å². The lowest BCUT2D eigenvalue weighted by Gasteiger charge is -2.37. The summed E-state index contributed by atoms with van der Waals surface area (Å²) >= 11 is 0. The Hall–Kier alpha value is -0.280. The Labute approximate surface area is 149 Å². The topological polar surface area (TPSA) is 111 Å². The quantitative estimate of drug-likeness (QED) is 0.408. The summed E-state index contributed by atoms with van der Waals surface area (Å²) in [5.74, 6) is -0.324. The van der Waals surface area contributed by atoms with Gasteiger partial charge in [0.25, 0.3) is 0 Å². The predicted octanol–water partition coefficient (Wildman–Crippen LogP) is 0.0380. The second kappa shape index (κ2) is 8.61. The molecular formula is C18H33NO6. The lowest BCUT2D eigenvalue weighted by molar-refractivity contribution is -0.258. The molecule has 7 nitrogen and oxygen atoms in total. The van der Waals surface area contributed by atoms with E-state index in [9.17, 15) is 15.3 Å². The molecule has 7 heteroatoms. The van der Waals surface area contributed by atoms with E-state index < -0.39 is 30.4 Å². The largest absolute Gasteiger partial charge is 0.395 e.